The molecule has 1 unspecified atom stereocenters. The van der Waals surface area contributed by atoms with Crippen molar-refractivity contribution >= 4 is 6.03 Å². The Balaban J connectivity index is 2.20. The standard InChI is InChI=1S/C12H15FN2O/c1-8(2)15-7-11(14-12(15)16)9-5-3-4-6-10(9)13/h3-6,8,11H,7H2,1-2H3,(H,14,16). The molecule has 0 saturated carbocycles. The molecule has 2 amide bonds. The van der Waals surface area contributed by atoms with Crippen molar-refractivity contribution < 1.29 is 9.18 Å². The minimum atomic E-state index is -0.265. The molecular formula is C12H15FN2O. The van der Waals surface area contributed by atoms with Crippen molar-refractivity contribution in [1.29, 1.82) is 0 Å². The number of rotatable bonds is 2. The average Bonchev–Trinajstić information content (AvgIpc) is 2.61. The molecule has 0 aromatic heterocycles. The minimum Gasteiger partial charge on any atom is -0.329 e. The summed E-state index contributed by atoms with van der Waals surface area (Å²) < 4.78 is 13.5. The summed E-state index contributed by atoms with van der Waals surface area (Å²) in [4.78, 5) is 13.3. The highest BCUT2D eigenvalue weighted by molar-refractivity contribution is 5.77. The molecule has 1 atom stereocenters. The Morgan fingerprint density at radius 1 is 1.44 bits per heavy atom. The van der Waals surface area contributed by atoms with E-state index in [1.807, 2.05) is 13.8 Å². The minimum absolute atomic E-state index is 0.122. The highest BCUT2D eigenvalue weighted by Crippen LogP contribution is 2.23. The first kappa shape index (κ1) is 10.9. The van der Waals surface area contributed by atoms with E-state index in [2.05, 4.69) is 5.32 Å². The van der Waals surface area contributed by atoms with Crippen LogP contribution in [0, 0.1) is 5.82 Å². The zero-order valence-electron chi connectivity index (χ0n) is 9.40. The smallest absolute Gasteiger partial charge is 0.318 e. The number of benzene rings is 1. The number of carbonyl (C=O) groups excluding carboxylic acids is 1. The summed E-state index contributed by atoms with van der Waals surface area (Å²) in [5.41, 5.74) is 0.555. The van der Waals surface area contributed by atoms with Crippen molar-refractivity contribution in [2.75, 3.05) is 6.54 Å². The topological polar surface area (TPSA) is 32.3 Å². The lowest BCUT2D eigenvalue weighted by Crippen LogP contribution is -2.33. The molecule has 1 heterocycles. The molecule has 0 radical (unpaired) electrons. The number of nitrogens with one attached hydrogen (secondary N) is 1. The van der Waals surface area contributed by atoms with Gasteiger partial charge in [0.25, 0.3) is 0 Å². The normalized spacial score (nSPS) is 20.4. The van der Waals surface area contributed by atoms with Crippen LogP contribution in [0.15, 0.2) is 24.3 Å². The van der Waals surface area contributed by atoms with Gasteiger partial charge in [0.1, 0.15) is 5.82 Å². The summed E-state index contributed by atoms with van der Waals surface area (Å²) in [7, 11) is 0. The largest absolute Gasteiger partial charge is 0.329 e. The van der Waals surface area contributed by atoms with Crippen LogP contribution in [0.25, 0.3) is 0 Å². The third-order valence-electron chi connectivity index (χ3n) is 2.84. The molecule has 1 aromatic rings. The van der Waals surface area contributed by atoms with Crippen molar-refractivity contribution in [2.24, 2.45) is 0 Å². The molecule has 1 aliphatic heterocycles. The predicted molar refractivity (Wildman–Crippen MR) is 59.5 cm³/mol. The highest BCUT2D eigenvalue weighted by atomic mass is 19.1. The van der Waals surface area contributed by atoms with Crippen LogP contribution >= 0.6 is 0 Å². The number of hydrogen-bond acceptors (Lipinski definition) is 1. The molecule has 3 nitrogen and oxygen atoms in total. The van der Waals surface area contributed by atoms with Crippen LogP contribution in [0.3, 0.4) is 0 Å². The van der Waals surface area contributed by atoms with E-state index in [1.54, 1.807) is 23.1 Å². The van der Waals surface area contributed by atoms with Gasteiger partial charge in [-0.25, -0.2) is 9.18 Å². The second-order valence-corrected chi connectivity index (χ2v) is 4.27. The van der Waals surface area contributed by atoms with Gasteiger partial charge in [0.15, 0.2) is 0 Å². The first-order chi connectivity index (χ1) is 7.59. The lowest BCUT2D eigenvalue weighted by Gasteiger charge is -2.18. The van der Waals surface area contributed by atoms with Gasteiger partial charge in [-0.3, -0.25) is 0 Å². The van der Waals surface area contributed by atoms with Crippen molar-refractivity contribution in [3.8, 4) is 0 Å². The van der Waals surface area contributed by atoms with Crippen LogP contribution in [0.2, 0.25) is 0 Å². The van der Waals surface area contributed by atoms with E-state index in [0.717, 1.165) is 0 Å². The van der Waals surface area contributed by atoms with E-state index < -0.39 is 0 Å². The molecular weight excluding hydrogens is 207 g/mol. The number of nitrogens with zero attached hydrogens (tertiary/aromatic N) is 1. The third-order valence-corrected chi connectivity index (χ3v) is 2.84. The van der Waals surface area contributed by atoms with Gasteiger partial charge in [0.05, 0.1) is 6.04 Å². The highest BCUT2D eigenvalue weighted by Gasteiger charge is 2.32. The quantitative estimate of drug-likeness (QED) is 0.818. The summed E-state index contributed by atoms with van der Waals surface area (Å²) in [6, 6.07) is 6.33. The van der Waals surface area contributed by atoms with Crippen molar-refractivity contribution in [2.45, 2.75) is 25.9 Å². The molecule has 2 rings (SSSR count). The third kappa shape index (κ3) is 1.87. The fourth-order valence-corrected chi connectivity index (χ4v) is 1.94. The summed E-state index contributed by atoms with van der Waals surface area (Å²) >= 11 is 0. The van der Waals surface area contributed by atoms with Crippen LogP contribution in [-0.4, -0.2) is 23.5 Å². The molecule has 0 bridgehead atoms. The monoisotopic (exact) mass is 222 g/mol. The maximum atomic E-state index is 13.5. The van der Waals surface area contributed by atoms with Crippen LogP contribution in [0.4, 0.5) is 9.18 Å². The predicted octanol–water partition coefficient (Wildman–Crippen LogP) is 2.30. The second-order valence-electron chi connectivity index (χ2n) is 4.27. The van der Waals surface area contributed by atoms with Crippen LogP contribution in [-0.2, 0) is 0 Å². The Morgan fingerprint density at radius 2 is 2.12 bits per heavy atom. The Bertz CT molecular complexity index is 406. The number of urea groups is 1. The molecule has 16 heavy (non-hydrogen) atoms. The molecule has 4 heteroatoms. The number of amides is 2. The number of halogens is 1. The van der Waals surface area contributed by atoms with Crippen molar-refractivity contribution in [1.82, 2.24) is 10.2 Å². The van der Waals surface area contributed by atoms with E-state index in [0.29, 0.717) is 12.1 Å². The Hall–Kier alpha value is -1.58. The zero-order valence-corrected chi connectivity index (χ0v) is 9.40. The van der Waals surface area contributed by atoms with E-state index in [1.165, 1.54) is 6.07 Å². The van der Waals surface area contributed by atoms with Gasteiger partial charge in [0.2, 0.25) is 0 Å². The average molecular weight is 222 g/mol. The van der Waals surface area contributed by atoms with Crippen LogP contribution < -0.4 is 5.32 Å². The van der Waals surface area contributed by atoms with Gasteiger partial charge in [0, 0.05) is 18.2 Å². The van der Waals surface area contributed by atoms with E-state index in [-0.39, 0.29) is 23.9 Å². The fourth-order valence-electron chi connectivity index (χ4n) is 1.94. The SMILES string of the molecule is CC(C)N1CC(c2ccccc2F)NC1=O. The summed E-state index contributed by atoms with van der Waals surface area (Å²) in [6.45, 7) is 4.42. The first-order valence-electron chi connectivity index (χ1n) is 5.41. The van der Waals surface area contributed by atoms with Crippen molar-refractivity contribution in [3.63, 3.8) is 0 Å². The maximum Gasteiger partial charge on any atom is 0.318 e. The molecule has 0 aliphatic carbocycles. The molecule has 86 valence electrons. The van der Waals surface area contributed by atoms with Crippen LogP contribution in [0.5, 0.6) is 0 Å². The molecule has 1 N–H and O–H groups in total. The maximum absolute atomic E-state index is 13.5. The van der Waals surface area contributed by atoms with Gasteiger partial charge in [-0.1, -0.05) is 18.2 Å². The lowest BCUT2D eigenvalue weighted by molar-refractivity contribution is 0.206. The van der Waals surface area contributed by atoms with Gasteiger partial charge in [-0.2, -0.15) is 0 Å². The molecule has 0 spiro atoms. The van der Waals surface area contributed by atoms with Crippen molar-refractivity contribution in [3.05, 3.63) is 35.6 Å². The summed E-state index contributed by atoms with van der Waals surface area (Å²) in [5, 5.41) is 2.79. The molecule has 1 aromatic carbocycles. The molecule has 1 fully saturated rings. The number of carbonyl (C=O) groups is 1. The second kappa shape index (κ2) is 4.12. The van der Waals surface area contributed by atoms with Crippen LogP contribution in [0.1, 0.15) is 25.5 Å². The Labute approximate surface area is 94.3 Å². The van der Waals surface area contributed by atoms with Gasteiger partial charge < -0.3 is 10.2 Å². The summed E-state index contributed by atoms with van der Waals surface area (Å²) in [5.74, 6) is -0.265. The fraction of sp³-hybridized carbons (Fsp3) is 0.417. The summed E-state index contributed by atoms with van der Waals surface area (Å²) in [6.07, 6.45) is 0. The molecule has 1 saturated heterocycles. The molecule has 1 aliphatic rings. The number of hydrogen-bond donors (Lipinski definition) is 1. The van der Waals surface area contributed by atoms with Gasteiger partial charge in [-0.15, -0.1) is 0 Å². The Morgan fingerprint density at radius 3 is 2.69 bits per heavy atom. The van der Waals surface area contributed by atoms with Gasteiger partial charge >= 0.3 is 6.03 Å². The Kier molecular flexibility index (Phi) is 2.81. The van der Waals surface area contributed by atoms with E-state index in [9.17, 15) is 9.18 Å². The lowest BCUT2D eigenvalue weighted by atomic mass is 10.1. The first-order valence-corrected chi connectivity index (χ1v) is 5.41. The van der Waals surface area contributed by atoms with E-state index >= 15 is 0 Å². The zero-order chi connectivity index (χ0) is 11.7. The van der Waals surface area contributed by atoms with E-state index in [4.69, 9.17) is 0 Å². The van der Waals surface area contributed by atoms with Gasteiger partial charge in [-0.05, 0) is 19.9 Å².